The minimum Gasteiger partial charge on any atom is -0.497 e. The molecule has 0 N–H and O–H groups in total. The molecule has 10 heteroatoms. The van der Waals surface area contributed by atoms with Crippen LogP contribution in [-0.2, 0) is 16.0 Å². The van der Waals surface area contributed by atoms with Crippen molar-refractivity contribution in [1.29, 1.82) is 0 Å². The molecule has 3 aromatic heterocycles. The van der Waals surface area contributed by atoms with E-state index in [2.05, 4.69) is 23.6 Å². The van der Waals surface area contributed by atoms with Crippen molar-refractivity contribution in [1.82, 2.24) is 24.0 Å². The van der Waals surface area contributed by atoms with Crippen LogP contribution in [-0.4, -0.2) is 67.6 Å². The van der Waals surface area contributed by atoms with Crippen LogP contribution in [0.2, 0.25) is 0 Å². The number of methoxy groups -OCH3 is 1. The van der Waals surface area contributed by atoms with Gasteiger partial charge in [-0.1, -0.05) is 18.2 Å². The van der Waals surface area contributed by atoms with Gasteiger partial charge in [-0.2, -0.15) is 0 Å². The van der Waals surface area contributed by atoms with Gasteiger partial charge < -0.3 is 23.7 Å². The summed E-state index contributed by atoms with van der Waals surface area (Å²) in [6, 6.07) is 16.2. The van der Waals surface area contributed by atoms with Crippen LogP contribution in [0.15, 0.2) is 54.7 Å². The average Bonchev–Trinajstić information content (AvgIpc) is 3.52. The van der Waals surface area contributed by atoms with E-state index in [-0.39, 0.29) is 12.0 Å². The maximum atomic E-state index is 14.0. The number of aryl methyl sites for hydroxylation is 2. The van der Waals surface area contributed by atoms with Crippen LogP contribution in [0.3, 0.4) is 0 Å². The lowest BCUT2D eigenvalue weighted by atomic mass is 9.88. The molecule has 258 valence electrons. The van der Waals surface area contributed by atoms with E-state index in [1.807, 2.05) is 84.9 Å². The van der Waals surface area contributed by atoms with Crippen molar-refractivity contribution in [3.63, 3.8) is 0 Å². The Hall–Kier alpha value is -4.86. The van der Waals surface area contributed by atoms with Gasteiger partial charge in [-0.05, 0) is 121 Å². The van der Waals surface area contributed by atoms with Crippen molar-refractivity contribution in [3.8, 4) is 17.0 Å². The van der Waals surface area contributed by atoms with E-state index in [4.69, 9.17) is 24.2 Å². The van der Waals surface area contributed by atoms with Crippen LogP contribution in [0.1, 0.15) is 82.8 Å². The topological polar surface area (TPSA) is 101 Å². The van der Waals surface area contributed by atoms with Gasteiger partial charge in [0.1, 0.15) is 28.3 Å². The number of carbonyl (C=O) groups excluding carboxylic acids is 2. The Balaban J connectivity index is 1.41. The Morgan fingerprint density at radius 2 is 1.53 bits per heavy atom. The molecule has 5 aromatic rings. The number of rotatable bonds is 5. The van der Waals surface area contributed by atoms with Gasteiger partial charge in [-0.15, -0.1) is 0 Å². The molecule has 6 rings (SSSR count). The first-order valence-electron chi connectivity index (χ1n) is 16.9. The van der Waals surface area contributed by atoms with Crippen molar-refractivity contribution in [2.75, 3.05) is 20.2 Å². The molecule has 0 saturated carbocycles. The van der Waals surface area contributed by atoms with Crippen LogP contribution in [0.4, 0.5) is 9.59 Å². The van der Waals surface area contributed by atoms with Crippen molar-refractivity contribution < 1.29 is 23.8 Å². The van der Waals surface area contributed by atoms with Gasteiger partial charge in [0, 0.05) is 30.2 Å². The lowest BCUT2D eigenvalue weighted by Gasteiger charge is -2.33. The third-order valence-corrected chi connectivity index (χ3v) is 9.02. The lowest BCUT2D eigenvalue weighted by molar-refractivity contribution is 0.0204. The molecule has 0 spiro atoms. The fourth-order valence-electron chi connectivity index (χ4n) is 6.68. The first-order valence-corrected chi connectivity index (χ1v) is 16.9. The number of amides is 1. The first-order chi connectivity index (χ1) is 23.1. The molecule has 0 unspecified atom stereocenters. The van der Waals surface area contributed by atoms with E-state index in [1.165, 1.54) is 5.56 Å². The number of likely N-dealkylation sites (tertiary alicyclic amines) is 1. The summed E-state index contributed by atoms with van der Waals surface area (Å²) in [5, 5.41) is 0.979. The summed E-state index contributed by atoms with van der Waals surface area (Å²) >= 11 is 0. The summed E-state index contributed by atoms with van der Waals surface area (Å²) < 4.78 is 20.7. The minimum atomic E-state index is -0.689. The Bertz CT molecular complexity index is 2020. The molecular formula is C39H47N5O5. The fraction of sp³-hybridized carbons (Fsp3) is 0.436. The van der Waals surface area contributed by atoms with Crippen molar-refractivity contribution in [2.45, 2.75) is 91.9 Å². The molecule has 0 aliphatic carbocycles. The smallest absolute Gasteiger partial charge is 0.419 e. The molecule has 0 atom stereocenters. The second kappa shape index (κ2) is 12.9. The highest BCUT2D eigenvalue weighted by Crippen LogP contribution is 2.39. The van der Waals surface area contributed by atoms with Crippen molar-refractivity contribution >= 4 is 34.3 Å². The zero-order chi connectivity index (χ0) is 35.2. The molecule has 2 aromatic carbocycles. The Morgan fingerprint density at radius 3 is 2.16 bits per heavy atom. The van der Waals surface area contributed by atoms with Gasteiger partial charge in [0.15, 0.2) is 5.65 Å². The summed E-state index contributed by atoms with van der Waals surface area (Å²) in [6.45, 7) is 17.2. The zero-order valence-electron chi connectivity index (χ0n) is 30.1. The number of ether oxygens (including phenoxy) is 3. The maximum Gasteiger partial charge on any atom is 0.419 e. The highest BCUT2D eigenvalue weighted by atomic mass is 16.6. The van der Waals surface area contributed by atoms with E-state index in [9.17, 15) is 9.59 Å². The predicted molar refractivity (Wildman–Crippen MR) is 191 cm³/mol. The molecule has 0 bridgehead atoms. The zero-order valence-corrected chi connectivity index (χ0v) is 30.1. The van der Waals surface area contributed by atoms with Crippen LogP contribution in [0, 0.1) is 13.8 Å². The van der Waals surface area contributed by atoms with Crippen LogP contribution in [0.5, 0.6) is 5.75 Å². The molecule has 0 radical (unpaired) electrons. The lowest BCUT2D eigenvalue weighted by Crippen LogP contribution is -2.41. The Labute approximate surface area is 288 Å². The summed E-state index contributed by atoms with van der Waals surface area (Å²) in [4.78, 5) is 38.3. The van der Waals surface area contributed by atoms with Crippen LogP contribution in [0.25, 0.3) is 33.3 Å². The summed E-state index contributed by atoms with van der Waals surface area (Å²) in [5.41, 5.74) is 5.82. The van der Waals surface area contributed by atoms with Gasteiger partial charge in [0.25, 0.3) is 0 Å². The molecule has 10 nitrogen and oxygen atoms in total. The fourth-order valence-corrected chi connectivity index (χ4v) is 6.68. The van der Waals surface area contributed by atoms with E-state index in [0.29, 0.717) is 19.6 Å². The number of imidazole rings is 1. The van der Waals surface area contributed by atoms with Crippen molar-refractivity contribution in [2.24, 2.45) is 0 Å². The first kappa shape index (κ1) is 34.0. The minimum absolute atomic E-state index is 0.262. The van der Waals surface area contributed by atoms with E-state index >= 15 is 0 Å². The molecule has 1 fully saturated rings. The summed E-state index contributed by atoms with van der Waals surface area (Å²) in [6.07, 6.45) is 2.74. The highest BCUT2D eigenvalue weighted by Gasteiger charge is 2.30. The number of fused-ring (bicyclic) bond motifs is 2. The summed E-state index contributed by atoms with van der Waals surface area (Å²) in [5.74, 6) is 1.90. The Kier molecular flexibility index (Phi) is 8.94. The molecule has 1 aliphatic heterocycles. The van der Waals surface area contributed by atoms with Gasteiger partial charge >= 0.3 is 12.2 Å². The number of hydrogen-bond donors (Lipinski definition) is 0. The molecular weight excluding hydrogens is 618 g/mol. The van der Waals surface area contributed by atoms with Gasteiger partial charge in [-0.25, -0.2) is 24.1 Å². The number of nitrogens with zero attached hydrogens (tertiary/aromatic N) is 5. The monoisotopic (exact) mass is 665 g/mol. The van der Waals surface area contributed by atoms with E-state index < -0.39 is 17.3 Å². The number of piperidine rings is 1. The number of benzene rings is 2. The molecule has 1 saturated heterocycles. The third-order valence-electron chi connectivity index (χ3n) is 9.02. The normalized spacial score (nSPS) is 14.4. The standard InChI is InChI=1S/C39H47N5O5/c1-24-31-22-28(27-17-20-42(21-18-27)36(45)48-38(3,4)5)12-15-32(31)44(37(46)49-39(6,7)8)34(24)30-16-19-40-35-33(30)41-25(2)43(35)23-26-10-13-29(47-9)14-11-26/h10-16,19,22,27H,17-18,20-21,23H2,1-9H3. The third kappa shape index (κ3) is 7.00. The maximum absolute atomic E-state index is 14.0. The van der Waals surface area contributed by atoms with Crippen LogP contribution >= 0.6 is 0 Å². The van der Waals surface area contributed by atoms with Crippen molar-refractivity contribution in [3.05, 3.63) is 77.2 Å². The number of pyridine rings is 1. The van der Waals surface area contributed by atoms with Crippen LogP contribution < -0.4 is 4.74 Å². The highest BCUT2D eigenvalue weighted by molar-refractivity contribution is 6.03. The van der Waals surface area contributed by atoms with Gasteiger partial charge in [0.2, 0.25) is 0 Å². The molecule has 1 aliphatic rings. The summed E-state index contributed by atoms with van der Waals surface area (Å²) in [7, 11) is 1.66. The second-order valence-electron chi connectivity index (χ2n) is 14.9. The van der Waals surface area contributed by atoms with Gasteiger partial charge in [-0.3, -0.25) is 0 Å². The number of aromatic nitrogens is 4. The van der Waals surface area contributed by atoms with E-state index in [0.717, 1.165) is 68.9 Å². The number of carbonyl (C=O) groups is 2. The SMILES string of the molecule is COc1ccc(Cn2c(C)nc3c(-c4c(C)c5cc(C6CCN(C(=O)OC(C)(C)C)CC6)ccc5n4C(=O)OC(C)(C)C)ccnc32)cc1. The number of hydrogen-bond acceptors (Lipinski definition) is 7. The predicted octanol–water partition coefficient (Wildman–Crippen LogP) is 8.62. The largest absolute Gasteiger partial charge is 0.497 e. The quantitative estimate of drug-likeness (QED) is 0.185. The molecule has 1 amide bonds. The Morgan fingerprint density at radius 1 is 0.878 bits per heavy atom. The molecule has 4 heterocycles. The average molecular weight is 666 g/mol. The molecule has 49 heavy (non-hydrogen) atoms. The van der Waals surface area contributed by atoms with Gasteiger partial charge in [0.05, 0.1) is 24.9 Å². The van der Waals surface area contributed by atoms with E-state index in [1.54, 1.807) is 22.8 Å². The second-order valence-corrected chi connectivity index (χ2v) is 14.9.